The first kappa shape index (κ1) is 21.6. The van der Waals surface area contributed by atoms with Gasteiger partial charge >= 0.3 is 0 Å². The Hall–Kier alpha value is -4.30. The SMILES string of the molecule is CC(C)c1ccc2c(c1)c1c3c4ccccc4n4c5ccc(C(C)(C)C)cc5c(c5c6ccccc6n2c51)c34. The van der Waals surface area contributed by atoms with Crippen molar-refractivity contribution in [2.24, 2.45) is 0 Å². The van der Waals surface area contributed by atoms with Crippen molar-refractivity contribution in [1.82, 2.24) is 8.80 Å². The first-order chi connectivity index (χ1) is 18.8. The van der Waals surface area contributed by atoms with Gasteiger partial charge in [0.2, 0.25) is 0 Å². The summed E-state index contributed by atoms with van der Waals surface area (Å²) in [7, 11) is 0. The number of nitrogens with zero attached hydrogens (tertiary/aromatic N) is 2. The molecule has 9 rings (SSSR count). The second-order valence-electron chi connectivity index (χ2n) is 12.8. The third-order valence-electron chi connectivity index (χ3n) is 9.29. The summed E-state index contributed by atoms with van der Waals surface area (Å²) in [5.74, 6) is 0.481. The molecular weight excluding hydrogens is 472 g/mol. The summed E-state index contributed by atoms with van der Waals surface area (Å²) in [5, 5.41) is 11.0. The van der Waals surface area contributed by atoms with Crippen molar-refractivity contribution in [3.05, 3.63) is 96.1 Å². The molecule has 0 aliphatic carbocycles. The lowest BCUT2D eigenvalue weighted by atomic mass is 9.86. The van der Waals surface area contributed by atoms with Gasteiger partial charge in [0, 0.05) is 43.1 Å². The maximum atomic E-state index is 2.55. The second kappa shape index (κ2) is 6.82. The average Bonchev–Trinajstić information content (AvgIpc) is 3.64. The molecule has 0 saturated carbocycles. The highest BCUT2D eigenvalue weighted by molar-refractivity contribution is 6.45. The van der Waals surface area contributed by atoms with Crippen LogP contribution in [0.4, 0.5) is 0 Å². The Bertz CT molecular complexity index is 2440. The van der Waals surface area contributed by atoms with E-state index in [9.17, 15) is 0 Å². The van der Waals surface area contributed by atoms with Crippen molar-refractivity contribution in [1.29, 1.82) is 0 Å². The van der Waals surface area contributed by atoms with Gasteiger partial charge in [0.05, 0.1) is 33.1 Å². The Kier molecular flexibility index (Phi) is 3.78. The molecule has 0 aliphatic rings. The van der Waals surface area contributed by atoms with Crippen LogP contribution >= 0.6 is 0 Å². The third kappa shape index (κ3) is 2.44. The minimum Gasteiger partial charge on any atom is -0.308 e. The third-order valence-corrected chi connectivity index (χ3v) is 9.29. The second-order valence-corrected chi connectivity index (χ2v) is 12.8. The number of hydrogen-bond donors (Lipinski definition) is 0. The van der Waals surface area contributed by atoms with Crippen molar-refractivity contribution < 1.29 is 0 Å². The van der Waals surface area contributed by atoms with Crippen LogP contribution in [0.5, 0.6) is 0 Å². The molecule has 0 radical (unpaired) electrons. The van der Waals surface area contributed by atoms with Crippen LogP contribution in [-0.4, -0.2) is 8.80 Å². The van der Waals surface area contributed by atoms with Gasteiger partial charge in [0.15, 0.2) is 0 Å². The molecular formula is C37H30N2. The van der Waals surface area contributed by atoms with Crippen LogP contribution in [0.1, 0.15) is 51.7 Å². The predicted octanol–water partition coefficient (Wildman–Crippen LogP) is 10.4. The van der Waals surface area contributed by atoms with Gasteiger partial charge < -0.3 is 8.80 Å². The zero-order valence-corrected chi connectivity index (χ0v) is 23.1. The molecule has 5 aromatic carbocycles. The van der Waals surface area contributed by atoms with E-state index in [0.29, 0.717) is 5.92 Å². The highest BCUT2D eigenvalue weighted by Gasteiger charge is 2.29. The number of aromatic nitrogens is 2. The molecule has 39 heavy (non-hydrogen) atoms. The van der Waals surface area contributed by atoms with Gasteiger partial charge in [-0.3, -0.25) is 0 Å². The van der Waals surface area contributed by atoms with Gasteiger partial charge in [-0.15, -0.1) is 0 Å². The van der Waals surface area contributed by atoms with Gasteiger partial charge in [0.1, 0.15) is 0 Å². The Morgan fingerprint density at radius 2 is 0.974 bits per heavy atom. The summed E-state index contributed by atoms with van der Waals surface area (Å²) in [5.41, 5.74) is 10.8. The minimum absolute atomic E-state index is 0.0813. The fourth-order valence-corrected chi connectivity index (χ4v) is 7.43. The topological polar surface area (TPSA) is 8.82 Å². The summed E-state index contributed by atoms with van der Waals surface area (Å²) in [6.07, 6.45) is 0. The number of rotatable bonds is 1. The van der Waals surface area contributed by atoms with Crippen LogP contribution in [0, 0.1) is 0 Å². The number of hydrogen-bond acceptors (Lipinski definition) is 0. The van der Waals surface area contributed by atoms with Crippen LogP contribution in [0.25, 0.3) is 76.2 Å². The van der Waals surface area contributed by atoms with E-state index in [1.54, 1.807) is 0 Å². The number of benzene rings is 5. The Morgan fingerprint density at radius 3 is 1.51 bits per heavy atom. The van der Waals surface area contributed by atoms with Crippen molar-refractivity contribution in [2.75, 3.05) is 0 Å². The Balaban J connectivity index is 1.71. The van der Waals surface area contributed by atoms with Crippen molar-refractivity contribution in [3.63, 3.8) is 0 Å². The summed E-state index contributed by atoms with van der Waals surface area (Å²) < 4.78 is 5.10. The van der Waals surface area contributed by atoms with Crippen LogP contribution in [0.2, 0.25) is 0 Å². The van der Waals surface area contributed by atoms with E-state index in [2.05, 4.69) is 128 Å². The van der Waals surface area contributed by atoms with E-state index >= 15 is 0 Å². The molecule has 2 nitrogen and oxygen atoms in total. The molecule has 0 atom stereocenters. The summed E-state index contributed by atoms with van der Waals surface area (Å²) in [4.78, 5) is 0. The smallest absolute Gasteiger partial charge is 0.0634 e. The van der Waals surface area contributed by atoms with Gasteiger partial charge in [-0.05, 0) is 58.9 Å². The number of fused-ring (bicyclic) bond motifs is 14. The molecule has 2 heteroatoms. The van der Waals surface area contributed by atoms with Crippen molar-refractivity contribution in [3.8, 4) is 0 Å². The zero-order valence-electron chi connectivity index (χ0n) is 23.1. The fraction of sp³-hybridized carbons (Fsp3) is 0.189. The molecule has 0 unspecified atom stereocenters. The molecule has 0 spiro atoms. The van der Waals surface area contributed by atoms with E-state index < -0.39 is 0 Å². The molecule has 188 valence electrons. The molecule has 0 bridgehead atoms. The van der Waals surface area contributed by atoms with Gasteiger partial charge in [-0.25, -0.2) is 0 Å². The maximum Gasteiger partial charge on any atom is 0.0634 e. The summed E-state index contributed by atoms with van der Waals surface area (Å²) >= 11 is 0. The lowest BCUT2D eigenvalue weighted by Crippen LogP contribution is -2.10. The standard InChI is InChI=1S/C37H30N2/c1-20(2)21-14-16-29-25(18-21)33-31-23-10-6-9-13-28(23)39-30-17-15-22(37(3,4)5)19-26(30)34(36(31)39)32-24-11-7-8-12-27(24)38(29)35(32)33/h6-20H,1-5H3. The average molecular weight is 503 g/mol. The Morgan fingerprint density at radius 1 is 0.513 bits per heavy atom. The monoisotopic (exact) mass is 502 g/mol. The maximum absolute atomic E-state index is 2.55. The Labute approximate surface area is 226 Å². The number of para-hydroxylation sites is 2. The summed E-state index contributed by atoms with van der Waals surface area (Å²) in [6.45, 7) is 11.5. The van der Waals surface area contributed by atoms with Crippen LogP contribution in [-0.2, 0) is 5.41 Å². The molecule has 9 aromatic rings. The van der Waals surface area contributed by atoms with E-state index in [1.807, 2.05) is 0 Å². The van der Waals surface area contributed by atoms with Crippen molar-refractivity contribution in [2.45, 2.75) is 46.0 Å². The van der Waals surface area contributed by atoms with Crippen molar-refractivity contribution >= 4 is 76.2 Å². The highest BCUT2D eigenvalue weighted by Crippen LogP contribution is 2.52. The van der Waals surface area contributed by atoms with E-state index in [1.165, 1.54) is 87.3 Å². The highest BCUT2D eigenvalue weighted by atomic mass is 14.9. The van der Waals surface area contributed by atoms with Gasteiger partial charge in [-0.2, -0.15) is 0 Å². The van der Waals surface area contributed by atoms with Gasteiger partial charge in [0.25, 0.3) is 0 Å². The lowest BCUT2D eigenvalue weighted by molar-refractivity contribution is 0.591. The molecule has 0 fully saturated rings. The van der Waals surface area contributed by atoms with Gasteiger partial charge in [-0.1, -0.05) is 83.1 Å². The normalized spacial score (nSPS) is 13.5. The molecule has 0 amide bonds. The van der Waals surface area contributed by atoms with E-state index in [-0.39, 0.29) is 5.41 Å². The molecule has 4 aromatic heterocycles. The molecule has 0 aliphatic heterocycles. The van der Waals surface area contributed by atoms with Crippen LogP contribution < -0.4 is 0 Å². The fourth-order valence-electron chi connectivity index (χ4n) is 7.43. The first-order valence-corrected chi connectivity index (χ1v) is 14.2. The molecule has 0 saturated heterocycles. The largest absolute Gasteiger partial charge is 0.308 e. The van der Waals surface area contributed by atoms with E-state index in [0.717, 1.165) is 0 Å². The van der Waals surface area contributed by atoms with E-state index in [4.69, 9.17) is 0 Å². The minimum atomic E-state index is 0.0813. The molecule has 0 N–H and O–H groups in total. The zero-order chi connectivity index (χ0) is 26.4. The lowest BCUT2D eigenvalue weighted by Gasteiger charge is -2.19. The molecule has 4 heterocycles. The predicted molar refractivity (Wildman–Crippen MR) is 169 cm³/mol. The summed E-state index contributed by atoms with van der Waals surface area (Å²) in [6, 6.07) is 32.3. The quantitative estimate of drug-likeness (QED) is 0.211. The van der Waals surface area contributed by atoms with Crippen LogP contribution in [0.3, 0.4) is 0 Å². The van der Waals surface area contributed by atoms with Crippen LogP contribution in [0.15, 0.2) is 84.9 Å². The first-order valence-electron chi connectivity index (χ1n) is 14.2.